The van der Waals surface area contributed by atoms with Gasteiger partial charge in [0.05, 0.1) is 36.6 Å². The summed E-state index contributed by atoms with van der Waals surface area (Å²) in [5, 5.41) is 0. The van der Waals surface area contributed by atoms with Gasteiger partial charge in [-0.2, -0.15) is 0 Å². The number of carbonyl (C=O) groups is 1. The van der Waals surface area contributed by atoms with Gasteiger partial charge in [-0.25, -0.2) is 4.79 Å². The van der Waals surface area contributed by atoms with E-state index in [1.165, 1.54) is 7.11 Å². The van der Waals surface area contributed by atoms with Crippen LogP contribution in [0, 0.1) is 0 Å². The molecular weight excluding hydrogens is 416 g/mol. The highest BCUT2D eigenvalue weighted by Gasteiger charge is 2.44. The zero-order chi connectivity index (χ0) is 21.3. The Balaban J connectivity index is 2.26. The quantitative estimate of drug-likeness (QED) is 0.205. The number of ether oxygens (including phenoxy) is 6. The standard InChI is InChI=1S/C20H32O7S2/c1-15(18(21)24-5)14-25-16(7-8-19(2)26-9-10-27-19)20(13-17(22-3)23-4)28-11-6-12-29-20/h7-8,16-17H,1,6,9-14H2,2-5H3/b8-7+. The second-order valence-corrected chi connectivity index (χ2v) is 9.98. The van der Waals surface area contributed by atoms with Gasteiger partial charge >= 0.3 is 5.97 Å². The van der Waals surface area contributed by atoms with Gasteiger partial charge in [0.15, 0.2) is 12.1 Å². The van der Waals surface area contributed by atoms with Crippen molar-refractivity contribution in [3.63, 3.8) is 0 Å². The minimum absolute atomic E-state index is 0.0631. The van der Waals surface area contributed by atoms with E-state index in [1.807, 2.05) is 42.6 Å². The molecule has 2 heterocycles. The summed E-state index contributed by atoms with van der Waals surface area (Å²) in [5.41, 5.74) is 0.265. The van der Waals surface area contributed by atoms with Gasteiger partial charge in [0.1, 0.15) is 6.10 Å². The van der Waals surface area contributed by atoms with Crippen LogP contribution in [-0.4, -0.2) is 80.9 Å². The first-order valence-electron chi connectivity index (χ1n) is 9.56. The van der Waals surface area contributed by atoms with E-state index in [1.54, 1.807) is 14.2 Å². The summed E-state index contributed by atoms with van der Waals surface area (Å²) in [6.45, 7) is 6.82. The highest BCUT2D eigenvalue weighted by molar-refractivity contribution is 8.18. The molecule has 9 heteroatoms. The molecule has 0 N–H and O–H groups in total. The molecule has 0 radical (unpaired) electrons. The summed E-state index contributed by atoms with van der Waals surface area (Å²) in [6, 6.07) is 0. The maximum Gasteiger partial charge on any atom is 0.335 e. The normalized spacial score (nSPS) is 22.1. The van der Waals surface area contributed by atoms with E-state index < -0.39 is 11.8 Å². The second kappa shape index (κ2) is 11.7. The monoisotopic (exact) mass is 448 g/mol. The van der Waals surface area contributed by atoms with E-state index in [4.69, 9.17) is 28.4 Å². The molecule has 0 aliphatic carbocycles. The van der Waals surface area contributed by atoms with Crippen LogP contribution in [-0.2, 0) is 33.2 Å². The average Bonchev–Trinajstić information content (AvgIpc) is 3.18. The first-order chi connectivity index (χ1) is 13.9. The zero-order valence-electron chi connectivity index (χ0n) is 17.6. The van der Waals surface area contributed by atoms with Gasteiger partial charge < -0.3 is 28.4 Å². The third-order valence-electron chi connectivity index (χ3n) is 4.74. The first-order valence-corrected chi connectivity index (χ1v) is 11.5. The fourth-order valence-electron chi connectivity index (χ4n) is 3.10. The highest BCUT2D eigenvalue weighted by Crippen LogP contribution is 2.50. The van der Waals surface area contributed by atoms with Gasteiger partial charge in [0.2, 0.25) is 0 Å². The molecule has 2 aliphatic rings. The summed E-state index contributed by atoms with van der Waals surface area (Å²) in [4.78, 5) is 11.8. The Labute approximate surface area is 181 Å². The molecule has 0 spiro atoms. The Bertz CT molecular complexity index is 565. The maximum atomic E-state index is 11.8. The van der Waals surface area contributed by atoms with Crippen LogP contribution in [0.25, 0.3) is 0 Å². The molecule has 29 heavy (non-hydrogen) atoms. The lowest BCUT2D eigenvalue weighted by atomic mass is 10.1. The first kappa shape index (κ1) is 24.7. The molecule has 1 unspecified atom stereocenters. The van der Waals surface area contributed by atoms with Crippen LogP contribution >= 0.6 is 23.5 Å². The van der Waals surface area contributed by atoms with Crippen LogP contribution in [0.15, 0.2) is 24.3 Å². The zero-order valence-corrected chi connectivity index (χ0v) is 19.3. The van der Waals surface area contributed by atoms with Crippen molar-refractivity contribution in [3.8, 4) is 0 Å². The molecule has 0 bridgehead atoms. The minimum atomic E-state index is -0.784. The molecule has 2 saturated heterocycles. The molecule has 0 aromatic carbocycles. The lowest BCUT2D eigenvalue weighted by molar-refractivity contribution is -0.137. The Morgan fingerprint density at radius 3 is 2.34 bits per heavy atom. The largest absolute Gasteiger partial charge is 0.466 e. The van der Waals surface area contributed by atoms with Crippen molar-refractivity contribution in [2.75, 3.05) is 52.7 Å². The van der Waals surface area contributed by atoms with Crippen molar-refractivity contribution in [2.24, 2.45) is 0 Å². The number of esters is 1. The fraction of sp³-hybridized carbons (Fsp3) is 0.750. The Morgan fingerprint density at radius 1 is 1.17 bits per heavy atom. The van der Waals surface area contributed by atoms with Gasteiger partial charge in [-0.3, -0.25) is 0 Å². The molecule has 2 aliphatic heterocycles. The van der Waals surface area contributed by atoms with E-state index in [0.29, 0.717) is 19.6 Å². The fourth-order valence-corrected chi connectivity index (χ4v) is 6.51. The van der Waals surface area contributed by atoms with Gasteiger partial charge in [-0.15, -0.1) is 23.5 Å². The molecule has 0 aromatic rings. The Hall–Kier alpha value is -0.550. The molecular formula is C20H32O7S2. The van der Waals surface area contributed by atoms with Crippen molar-refractivity contribution >= 4 is 29.5 Å². The van der Waals surface area contributed by atoms with Crippen LogP contribution in [0.2, 0.25) is 0 Å². The SMILES string of the molecule is C=C(COC(/C=C/C1(C)OCCO1)C1(CC(OC)OC)SCCCS1)C(=O)OC. The maximum absolute atomic E-state index is 11.8. The van der Waals surface area contributed by atoms with Crippen molar-refractivity contribution in [3.05, 3.63) is 24.3 Å². The van der Waals surface area contributed by atoms with Crippen LogP contribution in [0.4, 0.5) is 0 Å². The lowest BCUT2D eigenvalue weighted by Crippen LogP contribution is -2.43. The third kappa shape index (κ3) is 6.99. The summed E-state index contributed by atoms with van der Waals surface area (Å²) in [7, 11) is 4.59. The number of methoxy groups -OCH3 is 3. The predicted octanol–water partition coefficient (Wildman–Crippen LogP) is 3.00. The number of carbonyl (C=O) groups excluding carboxylic acids is 1. The number of thioether (sulfide) groups is 2. The van der Waals surface area contributed by atoms with Crippen LogP contribution in [0.5, 0.6) is 0 Å². The smallest absolute Gasteiger partial charge is 0.335 e. The average molecular weight is 449 g/mol. The molecule has 2 fully saturated rings. The van der Waals surface area contributed by atoms with E-state index >= 15 is 0 Å². The van der Waals surface area contributed by atoms with E-state index in [-0.39, 0.29) is 28.7 Å². The lowest BCUT2D eigenvalue weighted by Gasteiger charge is -2.42. The topological polar surface area (TPSA) is 72.5 Å². The van der Waals surface area contributed by atoms with Crippen LogP contribution in [0.1, 0.15) is 19.8 Å². The second-order valence-electron chi connectivity index (χ2n) is 6.87. The summed E-state index contributed by atoms with van der Waals surface area (Å²) >= 11 is 3.65. The van der Waals surface area contributed by atoms with Crippen LogP contribution in [0.3, 0.4) is 0 Å². The molecule has 166 valence electrons. The van der Waals surface area contributed by atoms with E-state index in [0.717, 1.165) is 17.9 Å². The molecule has 0 saturated carbocycles. The van der Waals surface area contributed by atoms with Gasteiger partial charge in [-0.05, 0) is 30.9 Å². The molecule has 1 atom stereocenters. The summed E-state index contributed by atoms with van der Waals surface area (Å²) in [6.07, 6.45) is 4.87. The molecule has 2 rings (SSSR count). The van der Waals surface area contributed by atoms with Gasteiger partial charge in [-0.1, -0.05) is 12.7 Å². The predicted molar refractivity (Wildman–Crippen MR) is 115 cm³/mol. The van der Waals surface area contributed by atoms with Gasteiger partial charge in [0, 0.05) is 20.6 Å². The van der Waals surface area contributed by atoms with Crippen molar-refractivity contribution in [1.29, 1.82) is 0 Å². The number of hydrogen-bond acceptors (Lipinski definition) is 9. The summed E-state index contributed by atoms with van der Waals surface area (Å²) < 4.78 is 33.0. The Kier molecular flexibility index (Phi) is 10.0. The van der Waals surface area contributed by atoms with Gasteiger partial charge in [0.25, 0.3) is 0 Å². The van der Waals surface area contributed by atoms with Crippen LogP contribution < -0.4 is 0 Å². The third-order valence-corrected chi connectivity index (χ3v) is 8.21. The van der Waals surface area contributed by atoms with Crippen molar-refractivity contribution in [2.45, 2.75) is 42.0 Å². The summed E-state index contributed by atoms with van der Waals surface area (Å²) in [5.74, 6) is 0.743. The Morgan fingerprint density at radius 2 is 1.79 bits per heavy atom. The van der Waals surface area contributed by atoms with E-state index in [2.05, 4.69) is 6.58 Å². The number of hydrogen-bond donors (Lipinski definition) is 0. The highest BCUT2D eigenvalue weighted by atomic mass is 32.2. The molecule has 0 amide bonds. The molecule has 0 aromatic heterocycles. The molecule has 7 nitrogen and oxygen atoms in total. The van der Waals surface area contributed by atoms with E-state index in [9.17, 15) is 4.79 Å². The van der Waals surface area contributed by atoms with Crippen molar-refractivity contribution < 1.29 is 33.2 Å². The minimum Gasteiger partial charge on any atom is -0.466 e. The van der Waals surface area contributed by atoms with Crippen molar-refractivity contribution in [1.82, 2.24) is 0 Å². The number of rotatable bonds is 11.